The first-order chi connectivity index (χ1) is 16.6. The molecule has 1 N–H and O–H groups in total. The number of nitrogens with one attached hydrogen (secondary N) is 1. The molecule has 0 radical (unpaired) electrons. The SMILES string of the molecule is [C-]#[N+]c1ncc(N2C(=O)C(C)(C)N(c3ccc(CNC(=O)c4cccnc4)c(Cl)c3)C2=S)cc1C. The molecule has 2 amide bonds. The standard InChI is InChI=1S/C25H21ClN6O2S/c1-15-10-19(14-29-21(15)27-4)31-23(34)25(2,3)32(24(31)35)18-8-7-16(20(26)11-18)13-30-22(33)17-6-5-9-28-12-17/h5-12,14H,13H2,1-3H3,(H,30,33). The zero-order valence-electron chi connectivity index (χ0n) is 19.2. The van der Waals surface area contributed by atoms with Crippen LogP contribution in [0.2, 0.25) is 5.02 Å². The Morgan fingerprint density at radius 3 is 2.63 bits per heavy atom. The minimum Gasteiger partial charge on any atom is -0.360 e. The van der Waals surface area contributed by atoms with E-state index in [9.17, 15) is 9.59 Å². The Morgan fingerprint density at radius 1 is 1.23 bits per heavy atom. The second-order valence-corrected chi connectivity index (χ2v) is 9.24. The molecule has 176 valence electrons. The first-order valence-electron chi connectivity index (χ1n) is 10.6. The van der Waals surface area contributed by atoms with Crippen LogP contribution in [-0.4, -0.2) is 32.4 Å². The van der Waals surface area contributed by atoms with Crippen LogP contribution >= 0.6 is 23.8 Å². The number of pyridine rings is 2. The van der Waals surface area contributed by atoms with Gasteiger partial charge in [-0.3, -0.25) is 19.5 Å². The molecule has 8 nitrogen and oxygen atoms in total. The highest BCUT2D eigenvalue weighted by Crippen LogP contribution is 2.38. The third kappa shape index (κ3) is 4.46. The van der Waals surface area contributed by atoms with E-state index in [0.717, 1.165) is 0 Å². The van der Waals surface area contributed by atoms with E-state index in [1.54, 1.807) is 62.2 Å². The second-order valence-electron chi connectivity index (χ2n) is 8.46. The quantitative estimate of drug-likeness (QED) is 0.395. The molecule has 0 unspecified atom stereocenters. The fourth-order valence-corrected chi connectivity index (χ4v) is 4.61. The minimum absolute atomic E-state index is 0.219. The van der Waals surface area contributed by atoms with E-state index < -0.39 is 5.54 Å². The van der Waals surface area contributed by atoms with Crippen LogP contribution in [0.15, 0.2) is 55.0 Å². The van der Waals surface area contributed by atoms with Gasteiger partial charge in [-0.2, -0.15) is 0 Å². The van der Waals surface area contributed by atoms with Gasteiger partial charge in [-0.1, -0.05) is 24.2 Å². The molecule has 3 heterocycles. The number of carbonyl (C=O) groups excluding carboxylic acids is 2. The van der Waals surface area contributed by atoms with E-state index in [-0.39, 0.29) is 29.3 Å². The Labute approximate surface area is 213 Å². The fourth-order valence-electron chi connectivity index (χ4n) is 3.84. The summed E-state index contributed by atoms with van der Waals surface area (Å²) >= 11 is 12.3. The van der Waals surface area contributed by atoms with Crippen molar-refractivity contribution in [2.45, 2.75) is 32.9 Å². The summed E-state index contributed by atoms with van der Waals surface area (Å²) in [5.74, 6) is -0.196. The zero-order valence-corrected chi connectivity index (χ0v) is 20.8. The van der Waals surface area contributed by atoms with Crippen molar-refractivity contribution in [3.8, 4) is 0 Å². The number of anilines is 2. The number of halogens is 1. The molecule has 1 fully saturated rings. The van der Waals surface area contributed by atoms with Crippen molar-refractivity contribution in [3.05, 3.63) is 88.1 Å². The average molecular weight is 505 g/mol. The molecule has 0 atom stereocenters. The first kappa shape index (κ1) is 24.3. The summed E-state index contributed by atoms with van der Waals surface area (Å²) in [6.07, 6.45) is 4.57. The second kappa shape index (κ2) is 9.41. The first-order valence-corrected chi connectivity index (χ1v) is 11.4. The highest BCUT2D eigenvalue weighted by molar-refractivity contribution is 7.81. The maximum Gasteiger partial charge on any atom is 0.272 e. The van der Waals surface area contributed by atoms with Crippen molar-refractivity contribution in [1.29, 1.82) is 0 Å². The molecule has 10 heteroatoms. The fraction of sp³-hybridized carbons (Fsp3) is 0.200. The lowest BCUT2D eigenvalue weighted by Gasteiger charge is -2.29. The van der Waals surface area contributed by atoms with E-state index in [1.165, 1.54) is 17.3 Å². The summed E-state index contributed by atoms with van der Waals surface area (Å²) in [4.78, 5) is 40.3. The average Bonchev–Trinajstić information content (AvgIpc) is 3.01. The summed E-state index contributed by atoms with van der Waals surface area (Å²) in [6, 6.07) is 10.4. The van der Waals surface area contributed by atoms with Crippen molar-refractivity contribution in [2.24, 2.45) is 0 Å². The Bertz CT molecular complexity index is 1390. The van der Waals surface area contributed by atoms with Gasteiger partial charge in [0, 0.05) is 29.6 Å². The van der Waals surface area contributed by atoms with Crippen LogP contribution in [0, 0.1) is 13.5 Å². The van der Waals surface area contributed by atoms with E-state index in [4.69, 9.17) is 30.4 Å². The largest absolute Gasteiger partial charge is 0.360 e. The maximum absolute atomic E-state index is 13.4. The van der Waals surface area contributed by atoms with Crippen LogP contribution in [0.4, 0.5) is 17.2 Å². The molecular weight excluding hydrogens is 484 g/mol. The smallest absolute Gasteiger partial charge is 0.272 e. The predicted octanol–water partition coefficient (Wildman–Crippen LogP) is 4.84. The zero-order chi connectivity index (χ0) is 25.3. The molecule has 0 aliphatic carbocycles. The number of hydrogen-bond donors (Lipinski definition) is 1. The lowest BCUT2D eigenvalue weighted by atomic mass is 10.0. The third-order valence-electron chi connectivity index (χ3n) is 5.73. The number of rotatable bonds is 5. The van der Waals surface area contributed by atoms with Crippen molar-refractivity contribution >= 4 is 57.9 Å². The summed E-state index contributed by atoms with van der Waals surface area (Å²) in [6.45, 7) is 12.8. The lowest BCUT2D eigenvalue weighted by molar-refractivity contribution is -0.120. The molecule has 0 spiro atoms. The number of benzene rings is 1. The molecule has 1 aliphatic rings. The van der Waals surface area contributed by atoms with Gasteiger partial charge in [0.15, 0.2) is 5.11 Å². The van der Waals surface area contributed by atoms with Gasteiger partial charge in [0.25, 0.3) is 17.6 Å². The molecular formula is C25H21ClN6O2S. The van der Waals surface area contributed by atoms with Gasteiger partial charge in [0.05, 0.1) is 11.3 Å². The van der Waals surface area contributed by atoms with Gasteiger partial charge in [-0.15, -0.1) is 4.98 Å². The van der Waals surface area contributed by atoms with Gasteiger partial charge in [0.2, 0.25) is 0 Å². The van der Waals surface area contributed by atoms with Crippen molar-refractivity contribution < 1.29 is 9.59 Å². The Morgan fingerprint density at radius 2 is 2.00 bits per heavy atom. The molecule has 2 aromatic heterocycles. The normalized spacial score (nSPS) is 14.7. The lowest BCUT2D eigenvalue weighted by Crippen LogP contribution is -2.44. The molecule has 35 heavy (non-hydrogen) atoms. The molecule has 4 rings (SSSR count). The number of nitrogens with zero attached hydrogens (tertiary/aromatic N) is 5. The van der Waals surface area contributed by atoms with Gasteiger partial charge in [0.1, 0.15) is 11.7 Å². The van der Waals surface area contributed by atoms with Gasteiger partial charge in [-0.05, 0) is 74.4 Å². The topological polar surface area (TPSA) is 82.8 Å². The number of thiocarbonyl (C=S) groups is 1. The molecule has 3 aromatic rings. The number of hydrogen-bond acceptors (Lipinski definition) is 5. The van der Waals surface area contributed by atoms with Crippen molar-refractivity contribution in [3.63, 3.8) is 0 Å². The Hall–Kier alpha value is -3.87. The van der Waals surface area contributed by atoms with E-state index in [0.29, 0.717) is 33.1 Å². The predicted molar refractivity (Wildman–Crippen MR) is 139 cm³/mol. The highest BCUT2D eigenvalue weighted by Gasteiger charge is 2.50. The summed E-state index contributed by atoms with van der Waals surface area (Å²) in [7, 11) is 0. The van der Waals surface area contributed by atoms with Crippen LogP contribution in [0.25, 0.3) is 4.85 Å². The van der Waals surface area contributed by atoms with Crippen LogP contribution in [0.3, 0.4) is 0 Å². The molecule has 0 bridgehead atoms. The van der Waals surface area contributed by atoms with Crippen LogP contribution in [0.1, 0.15) is 35.3 Å². The summed E-state index contributed by atoms with van der Waals surface area (Å²) in [5, 5.41) is 3.54. The van der Waals surface area contributed by atoms with Crippen LogP contribution < -0.4 is 15.1 Å². The summed E-state index contributed by atoms with van der Waals surface area (Å²) in [5.41, 5.74) is 1.99. The molecule has 0 saturated carbocycles. The Kier molecular flexibility index (Phi) is 6.52. The van der Waals surface area contributed by atoms with E-state index >= 15 is 0 Å². The third-order valence-corrected chi connectivity index (χ3v) is 6.44. The summed E-state index contributed by atoms with van der Waals surface area (Å²) < 4.78 is 0. The van der Waals surface area contributed by atoms with Crippen molar-refractivity contribution in [1.82, 2.24) is 15.3 Å². The van der Waals surface area contributed by atoms with E-state index in [1.807, 2.05) is 6.07 Å². The minimum atomic E-state index is -0.983. The number of amides is 2. The van der Waals surface area contributed by atoms with Crippen LogP contribution in [0.5, 0.6) is 0 Å². The molecule has 1 aromatic carbocycles. The van der Waals surface area contributed by atoms with Gasteiger partial charge >= 0.3 is 0 Å². The Balaban J connectivity index is 1.58. The van der Waals surface area contributed by atoms with E-state index in [2.05, 4.69) is 20.1 Å². The maximum atomic E-state index is 13.4. The molecule has 1 saturated heterocycles. The highest BCUT2D eigenvalue weighted by atomic mass is 35.5. The van der Waals surface area contributed by atoms with Crippen molar-refractivity contribution in [2.75, 3.05) is 9.80 Å². The number of aromatic nitrogens is 2. The molecule has 1 aliphatic heterocycles. The number of aryl methyl sites for hydroxylation is 1. The van der Waals surface area contributed by atoms with Gasteiger partial charge < -0.3 is 15.1 Å². The monoisotopic (exact) mass is 504 g/mol. The number of carbonyl (C=O) groups is 2. The van der Waals surface area contributed by atoms with Crippen LogP contribution in [-0.2, 0) is 11.3 Å². The van der Waals surface area contributed by atoms with Gasteiger partial charge in [-0.25, -0.2) is 0 Å².